The summed E-state index contributed by atoms with van der Waals surface area (Å²) in [5.41, 5.74) is 1.02. The van der Waals surface area contributed by atoms with E-state index < -0.39 is 0 Å². The van der Waals surface area contributed by atoms with Crippen molar-refractivity contribution in [1.82, 2.24) is 20.0 Å². The molecule has 1 N–H and O–H groups in total. The number of carbonyl (C=O) groups is 2. The van der Waals surface area contributed by atoms with Gasteiger partial charge in [0, 0.05) is 45.8 Å². The Morgan fingerprint density at radius 1 is 1.14 bits per heavy atom. The third-order valence-corrected chi connectivity index (χ3v) is 6.28. The number of carbonyl (C=O) groups excluding carboxylic acids is 2. The third-order valence-electron chi connectivity index (χ3n) is 6.28. The predicted molar refractivity (Wildman–Crippen MR) is 111 cm³/mol. The van der Waals surface area contributed by atoms with E-state index >= 15 is 0 Å². The summed E-state index contributed by atoms with van der Waals surface area (Å²) < 4.78 is 5.24. The lowest BCUT2D eigenvalue weighted by molar-refractivity contribution is -0.132. The molecule has 2 aliphatic heterocycles. The second-order valence-electron chi connectivity index (χ2n) is 8.42. The molecule has 2 heterocycles. The highest BCUT2D eigenvalue weighted by molar-refractivity contribution is 5.84. The second-order valence-corrected chi connectivity index (χ2v) is 8.42. The number of likely N-dealkylation sites (tertiary alicyclic amines) is 1. The van der Waals surface area contributed by atoms with Crippen molar-refractivity contribution in [3.8, 4) is 5.75 Å². The maximum Gasteiger partial charge on any atom is 0.317 e. The van der Waals surface area contributed by atoms with E-state index in [0.29, 0.717) is 19.0 Å². The molecule has 4 rings (SSSR count). The van der Waals surface area contributed by atoms with E-state index in [4.69, 9.17) is 4.74 Å². The predicted octanol–water partition coefficient (Wildman–Crippen LogP) is 1.92. The van der Waals surface area contributed by atoms with Crippen LogP contribution in [0.1, 0.15) is 31.2 Å². The zero-order valence-corrected chi connectivity index (χ0v) is 17.3. The largest absolute Gasteiger partial charge is 0.497 e. The Morgan fingerprint density at radius 2 is 2.00 bits per heavy atom. The first kappa shape index (κ1) is 20.0. The smallest absolute Gasteiger partial charge is 0.317 e. The Bertz CT molecular complexity index is 737. The maximum atomic E-state index is 12.8. The van der Waals surface area contributed by atoms with Crippen LogP contribution < -0.4 is 10.1 Å². The van der Waals surface area contributed by atoms with Crippen molar-refractivity contribution in [2.24, 2.45) is 5.92 Å². The van der Waals surface area contributed by atoms with Gasteiger partial charge in [0.2, 0.25) is 5.91 Å². The Morgan fingerprint density at radius 3 is 2.79 bits per heavy atom. The number of urea groups is 1. The van der Waals surface area contributed by atoms with E-state index in [9.17, 15) is 9.59 Å². The molecular formula is C22H32N4O3. The van der Waals surface area contributed by atoms with E-state index in [0.717, 1.165) is 62.8 Å². The molecule has 3 amide bonds. The normalized spacial score (nSPS) is 23.2. The molecule has 1 aromatic carbocycles. The lowest BCUT2D eigenvalue weighted by Gasteiger charge is -2.26. The first-order valence-electron chi connectivity index (χ1n) is 10.8. The topological polar surface area (TPSA) is 65.1 Å². The van der Waals surface area contributed by atoms with Crippen LogP contribution >= 0.6 is 0 Å². The summed E-state index contributed by atoms with van der Waals surface area (Å²) in [5.74, 6) is 1.83. The molecule has 7 nitrogen and oxygen atoms in total. The zero-order valence-electron chi connectivity index (χ0n) is 17.3. The first-order valence-corrected chi connectivity index (χ1v) is 10.8. The summed E-state index contributed by atoms with van der Waals surface area (Å²) in [7, 11) is 1.64. The van der Waals surface area contributed by atoms with Crippen molar-refractivity contribution in [1.29, 1.82) is 0 Å². The van der Waals surface area contributed by atoms with Gasteiger partial charge in [-0.05, 0) is 49.3 Å². The molecule has 1 aliphatic carbocycles. The van der Waals surface area contributed by atoms with Gasteiger partial charge in [0.25, 0.3) is 0 Å². The van der Waals surface area contributed by atoms with Gasteiger partial charge in [-0.2, -0.15) is 0 Å². The Labute approximate surface area is 173 Å². The van der Waals surface area contributed by atoms with E-state index in [1.54, 1.807) is 7.11 Å². The number of hydrogen-bond donors (Lipinski definition) is 1. The molecule has 3 fully saturated rings. The van der Waals surface area contributed by atoms with Crippen molar-refractivity contribution in [2.75, 3.05) is 46.4 Å². The van der Waals surface area contributed by atoms with Crippen molar-refractivity contribution in [3.05, 3.63) is 29.8 Å². The highest BCUT2D eigenvalue weighted by Gasteiger charge is 2.38. The highest BCUT2D eigenvalue weighted by Crippen LogP contribution is 2.31. The van der Waals surface area contributed by atoms with Crippen LogP contribution in [-0.4, -0.2) is 79.1 Å². The molecule has 0 spiro atoms. The standard InChI is InChI=1S/C22H32N4O3/c1-29-19-5-2-4-18(14-19)15-23-22(28)25-10-3-9-24(12-13-25)20-8-11-26(21(20)27)16-17-6-7-17/h2,4-5,14,17,20H,3,6-13,15-16H2,1H3,(H,23,28). The Balaban J connectivity index is 1.26. The summed E-state index contributed by atoms with van der Waals surface area (Å²) in [6.45, 7) is 5.35. The van der Waals surface area contributed by atoms with Crippen LogP contribution in [0.2, 0.25) is 0 Å². The fourth-order valence-electron chi connectivity index (χ4n) is 4.38. The molecular weight excluding hydrogens is 368 g/mol. The summed E-state index contributed by atoms with van der Waals surface area (Å²) in [6, 6.07) is 7.70. The van der Waals surface area contributed by atoms with Crippen LogP contribution in [0.15, 0.2) is 24.3 Å². The summed E-state index contributed by atoms with van der Waals surface area (Å²) in [5, 5.41) is 3.01. The molecule has 0 aromatic heterocycles. The SMILES string of the molecule is COc1cccc(CNC(=O)N2CCCN(C3CCN(CC4CC4)C3=O)CC2)c1. The van der Waals surface area contributed by atoms with Gasteiger partial charge >= 0.3 is 6.03 Å². The summed E-state index contributed by atoms with van der Waals surface area (Å²) >= 11 is 0. The van der Waals surface area contributed by atoms with Gasteiger partial charge in [0.15, 0.2) is 0 Å². The molecule has 7 heteroatoms. The first-order chi connectivity index (χ1) is 14.1. The average molecular weight is 401 g/mol. The van der Waals surface area contributed by atoms with Crippen LogP contribution in [0.3, 0.4) is 0 Å². The number of methoxy groups -OCH3 is 1. The molecule has 1 saturated carbocycles. The van der Waals surface area contributed by atoms with E-state index in [1.807, 2.05) is 29.2 Å². The third kappa shape index (κ3) is 5.01. The van der Waals surface area contributed by atoms with E-state index in [2.05, 4.69) is 15.1 Å². The van der Waals surface area contributed by atoms with Gasteiger partial charge < -0.3 is 19.9 Å². The summed E-state index contributed by atoms with van der Waals surface area (Å²) in [6.07, 6.45) is 4.38. The maximum absolute atomic E-state index is 12.8. The summed E-state index contributed by atoms with van der Waals surface area (Å²) in [4.78, 5) is 31.7. The van der Waals surface area contributed by atoms with Crippen molar-refractivity contribution >= 4 is 11.9 Å². The number of hydrogen-bond acceptors (Lipinski definition) is 4. The van der Waals surface area contributed by atoms with Gasteiger partial charge in [0.05, 0.1) is 13.2 Å². The van der Waals surface area contributed by atoms with Gasteiger partial charge in [-0.15, -0.1) is 0 Å². The second kappa shape index (κ2) is 9.03. The molecule has 29 heavy (non-hydrogen) atoms. The van der Waals surface area contributed by atoms with Crippen LogP contribution in [0, 0.1) is 5.92 Å². The van der Waals surface area contributed by atoms with Crippen LogP contribution in [-0.2, 0) is 11.3 Å². The number of rotatable bonds is 6. The number of amides is 3. The Kier molecular flexibility index (Phi) is 6.23. The monoisotopic (exact) mass is 400 g/mol. The fraction of sp³-hybridized carbons (Fsp3) is 0.636. The van der Waals surface area contributed by atoms with Gasteiger partial charge in [-0.1, -0.05) is 12.1 Å². The average Bonchev–Trinajstić information content (AvgIpc) is 3.53. The van der Waals surface area contributed by atoms with Crippen LogP contribution in [0.4, 0.5) is 4.79 Å². The fourth-order valence-corrected chi connectivity index (χ4v) is 4.38. The van der Waals surface area contributed by atoms with Crippen molar-refractivity contribution in [2.45, 2.75) is 38.3 Å². The number of nitrogens with one attached hydrogen (secondary N) is 1. The van der Waals surface area contributed by atoms with Crippen LogP contribution in [0.5, 0.6) is 5.75 Å². The van der Waals surface area contributed by atoms with Gasteiger partial charge in [0.1, 0.15) is 5.75 Å². The number of nitrogens with zero attached hydrogens (tertiary/aromatic N) is 3. The van der Waals surface area contributed by atoms with Crippen molar-refractivity contribution in [3.63, 3.8) is 0 Å². The lowest BCUT2D eigenvalue weighted by atomic mass is 10.2. The van der Waals surface area contributed by atoms with Crippen LogP contribution in [0.25, 0.3) is 0 Å². The van der Waals surface area contributed by atoms with E-state index in [-0.39, 0.29) is 12.1 Å². The van der Waals surface area contributed by atoms with Gasteiger partial charge in [-0.25, -0.2) is 4.79 Å². The highest BCUT2D eigenvalue weighted by atomic mass is 16.5. The number of ether oxygens (including phenoxy) is 1. The molecule has 2 saturated heterocycles. The zero-order chi connectivity index (χ0) is 20.2. The molecule has 0 bridgehead atoms. The quantitative estimate of drug-likeness (QED) is 0.792. The lowest BCUT2D eigenvalue weighted by Crippen LogP contribution is -2.45. The van der Waals surface area contributed by atoms with Gasteiger partial charge in [-0.3, -0.25) is 9.69 Å². The molecule has 3 aliphatic rings. The van der Waals surface area contributed by atoms with Crippen molar-refractivity contribution < 1.29 is 14.3 Å². The molecule has 158 valence electrons. The Hall–Kier alpha value is -2.28. The number of benzene rings is 1. The minimum Gasteiger partial charge on any atom is -0.497 e. The molecule has 1 aromatic rings. The van der Waals surface area contributed by atoms with E-state index in [1.165, 1.54) is 12.8 Å². The minimum absolute atomic E-state index is 0.00791. The minimum atomic E-state index is -0.0391. The molecule has 0 radical (unpaired) electrons. The molecule has 1 atom stereocenters. The molecule has 1 unspecified atom stereocenters.